The van der Waals surface area contributed by atoms with E-state index in [-0.39, 0.29) is 0 Å². The molecule has 0 saturated heterocycles. The normalized spacial score (nSPS) is 13.6. The molecule has 0 N–H and O–H groups in total. The van der Waals surface area contributed by atoms with Crippen molar-refractivity contribution in [1.29, 1.82) is 0 Å². The van der Waals surface area contributed by atoms with Gasteiger partial charge in [-0.2, -0.15) is 0 Å². The topological polar surface area (TPSA) is 16.4 Å². The maximum Gasteiger partial charge on any atom is 0.135 e. The molecule has 9 aromatic rings. The summed E-state index contributed by atoms with van der Waals surface area (Å²) in [6.45, 7) is 0. The molecule has 0 radical (unpaired) electrons. The van der Waals surface area contributed by atoms with Gasteiger partial charge < -0.3 is 9.32 Å². The molecule has 2 aliphatic carbocycles. The van der Waals surface area contributed by atoms with E-state index in [2.05, 4.69) is 169 Å². The van der Waals surface area contributed by atoms with E-state index in [1.807, 2.05) is 11.3 Å². The average molecular weight is 630 g/mol. The molecule has 0 aliphatic heterocycles. The van der Waals surface area contributed by atoms with Crippen molar-refractivity contribution >= 4 is 59.5 Å². The SMILES string of the molecule is c1ccc(N(c2ccc3c(c2)-c2c(oc4ccccc24)C32c3ccccc3-c3ccccc32)c2cccc3c2sc2ccccc23)cc1. The minimum Gasteiger partial charge on any atom is -0.459 e. The van der Waals surface area contributed by atoms with Crippen LogP contribution in [0.4, 0.5) is 17.1 Å². The third kappa shape index (κ3) is 3.26. The van der Waals surface area contributed by atoms with Gasteiger partial charge >= 0.3 is 0 Å². The Morgan fingerprint density at radius 3 is 1.94 bits per heavy atom. The van der Waals surface area contributed by atoms with Crippen LogP contribution in [0.3, 0.4) is 0 Å². The second kappa shape index (κ2) is 9.57. The van der Waals surface area contributed by atoms with E-state index >= 15 is 0 Å². The molecule has 224 valence electrons. The van der Waals surface area contributed by atoms with E-state index in [4.69, 9.17) is 4.42 Å². The third-order valence-electron chi connectivity index (χ3n) is 10.5. The third-order valence-corrected chi connectivity index (χ3v) is 11.7. The molecule has 0 amide bonds. The number of thiophene rings is 1. The van der Waals surface area contributed by atoms with Crippen molar-refractivity contribution in [2.45, 2.75) is 5.41 Å². The largest absolute Gasteiger partial charge is 0.459 e. The van der Waals surface area contributed by atoms with E-state index in [0.29, 0.717) is 0 Å². The molecule has 0 unspecified atom stereocenters. The van der Waals surface area contributed by atoms with E-state index in [1.54, 1.807) is 0 Å². The summed E-state index contributed by atoms with van der Waals surface area (Å²) < 4.78 is 9.58. The second-order valence-electron chi connectivity index (χ2n) is 12.8. The number of benzene rings is 7. The van der Waals surface area contributed by atoms with Gasteiger partial charge in [-0.15, -0.1) is 11.3 Å². The Labute approximate surface area is 281 Å². The number of anilines is 3. The fraction of sp³-hybridized carbons (Fsp3) is 0.0222. The van der Waals surface area contributed by atoms with Crippen LogP contribution in [-0.4, -0.2) is 0 Å². The van der Waals surface area contributed by atoms with Crippen molar-refractivity contribution in [3.05, 3.63) is 186 Å². The predicted molar refractivity (Wildman–Crippen MR) is 200 cm³/mol. The number of nitrogens with zero attached hydrogens (tertiary/aromatic N) is 1. The van der Waals surface area contributed by atoms with Crippen molar-refractivity contribution in [1.82, 2.24) is 0 Å². The van der Waals surface area contributed by atoms with Crippen molar-refractivity contribution in [2.75, 3.05) is 4.90 Å². The monoisotopic (exact) mass is 629 g/mol. The van der Waals surface area contributed by atoms with E-state index in [0.717, 1.165) is 28.1 Å². The van der Waals surface area contributed by atoms with Crippen LogP contribution < -0.4 is 4.90 Å². The molecule has 2 aromatic heterocycles. The van der Waals surface area contributed by atoms with Gasteiger partial charge in [-0.1, -0.05) is 121 Å². The van der Waals surface area contributed by atoms with Crippen molar-refractivity contribution < 1.29 is 4.42 Å². The molecule has 0 atom stereocenters. The summed E-state index contributed by atoms with van der Waals surface area (Å²) >= 11 is 1.87. The molecule has 3 heteroatoms. The highest BCUT2D eigenvalue weighted by Crippen LogP contribution is 2.65. The van der Waals surface area contributed by atoms with Crippen LogP contribution >= 0.6 is 11.3 Å². The summed E-state index contributed by atoms with van der Waals surface area (Å²) in [5.41, 5.74) is 12.6. The minimum atomic E-state index is -0.529. The van der Waals surface area contributed by atoms with Crippen LogP contribution in [-0.2, 0) is 5.41 Å². The molecular formula is C45H27NOS. The highest BCUT2D eigenvalue weighted by atomic mass is 32.1. The molecule has 2 heterocycles. The maximum atomic E-state index is 6.99. The number of furan rings is 1. The Morgan fingerprint density at radius 1 is 0.479 bits per heavy atom. The Hall–Kier alpha value is -5.90. The van der Waals surface area contributed by atoms with Crippen LogP contribution in [0.2, 0.25) is 0 Å². The highest BCUT2D eigenvalue weighted by Gasteiger charge is 2.55. The Kier molecular flexibility index (Phi) is 5.22. The summed E-state index contributed by atoms with van der Waals surface area (Å²) in [6, 6.07) is 59.6. The number of fused-ring (bicyclic) bond motifs is 15. The molecule has 48 heavy (non-hydrogen) atoms. The van der Waals surface area contributed by atoms with Gasteiger partial charge in [-0.05, 0) is 75.8 Å². The van der Waals surface area contributed by atoms with Gasteiger partial charge in [0.2, 0.25) is 0 Å². The quantitative estimate of drug-likeness (QED) is 0.193. The summed E-state index contributed by atoms with van der Waals surface area (Å²) in [7, 11) is 0. The summed E-state index contributed by atoms with van der Waals surface area (Å²) in [6.07, 6.45) is 0. The van der Waals surface area contributed by atoms with E-state index in [9.17, 15) is 0 Å². The average Bonchev–Trinajstić information content (AvgIpc) is 3.87. The van der Waals surface area contributed by atoms with Gasteiger partial charge in [0, 0.05) is 37.8 Å². The van der Waals surface area contributed by atoms with Gasteiger partial charge in [0.1, 0.15) is 16.8 Å². The van der Waals surface area contributed by atoms with Gasteiger partial charge in [-0.25, -0.2) is 0 Å². The number of para-hydroxylation sites is 2. The lowest BCUT2D eigenvalue weighted by atomic mass is 9.73. The Bertz CT molecular complexity index is 2710. The van der Waals surface area contributed by atoms with Gasteiger partial charge in [0.15, 0.2) is 0 Å². The van der Waals surface area contributed by atoms with Gasteiger partial charge in [0.25, 0.3) is 0 Å². The van der Waals surface area contributed by atoms with Crippen LogP contribution in [0.5, 0.6) is 0 Å². The summed E-state index contributed by atoms with van der Waals surface area (Å²) in [4.78, 5) is 2.43. The lowest BCUT2D eigenvalue weighted by Crippen LogP contribution is -2.25. The molecular weight excluding hydrogens is 603 g/mol. The zero-order valence-electron chi connectivity index (χ0n) is 25.9. The zero-order chi connectivity index (χ0) is 31.4. The second-order valence-corrected chi connectivity index (χ2v) is 13.8. The first-order chi connectivity index (χ1) is 23.8. The number of hydrogen-bond acceptors (Lipinski definition) is 3. The lowest BCUT2D eigenvalue weighted by Gasteiger charge is -2.30. The maximum absolute atomic E-state index is 6.99. The van der Waals surface area contributed by atoms with E-state index in [1.165, 1.54) is 64.8 Å². The summed E-state index contributed by atoms with van der Waals surface area (Å²) in [5, 5.41) is 3.75. The first kappa shape index (κ1) is 26.2. The fourth-order valence-corrected chi connectivity index (χ4v) is 9.79. The Balaban J connectivity index is 1.23. The minimum absolute atomic E-state index is 0.529. The van der Waals surface area contributed by atoms with Crippen molar-refractivity contribution in [2.24, 2.45) is 0 Å². The van der Waals surface area contributed by atoms with Crippen LogP contribution in [0, 0.1) is 0 Å². The fourth-order valence-electron chi connectivity index (χ4n) is 8.59. The zero-order valence-corrected chi connectivity index (χ0v) is 26.7. The molecule has 11 rings (SSSR count). The van der Waals surface area contributed by atoms with Crippen LogP contribution in [0.15, 0.2) is 168 Å². The molecule has 2 nitrogen and oxygen atoms in total. The molecule has 2 aliphatic rings. The number of rotatable bonds is 3. The first-order valence-electron chi connectivity index (χ1n) is 16.4. The molecule has 0 fully saturated rings. The van der Waals surface area contributed by atoms with Gasteiger partial charge in [0.05, 0.1) is 10.4 Å². The molecule has 0 bridgehead atoms. The first-order valence-corrected chi connectivity index (χ1v) is 17.3. The smallest absolute Gasteiger partial charge is 0.135 e. The van der Waals surface area contributed by atoms with E-state index < -0.39 is 5.41 Å². The van der Waals surface area contributed by atoms with Crippen LogP contribution in [0.1, 0.15) is 22.5 Å². The summed E-state index contributed by atoms with van der Waals surface area (Å²) in [5.74, 6) is 1.02. The predicted octanol–water partition coefficient (Wildman–Crippen LogP) is 12.6. The highest BCUT2D eigenvalue weighted by molar-refractivity contribution is 7.26. The number of hydrogen-bond donors (Lipinski definition) is 0. The van der Waals surface area contributed by atoms with Crippen molar-refractivity contribution in [3.63, 3.8) is 0 Å². The Morgan fingerprint density at radius 2 is 1.12 bits per heavy atom. The van der Waals surface area contributed by atoms with Crippen LogP contribution in [0.25, 0.3) is 53.4 Å². The molecule has 0 saturated carbocycles. The van der Waals surface area contributed by atoms with Gasteiger partial charge in [-0.3, -0.25) is 0 Å². The standard InChI is InChI=1S/C45H27NOS/c1-2-13-28(14-3-1)46(39-22-12-19-33-32-17-7-11-24-41(32)48-43(33)39)29-25-26-38-35(27-29)42-34-18-6-10-23-40(34)47-44(42)45(38)36-20-8-4-15-30(36)31-16-5-9-21-37(31)45/h1-27H. The lowest BCUT2D eigenvalue weighted by molar-refractivity contribution is 0.507. The van der Waals surface area contributed by atoms with Crippen molar-refractivity contribution in [3.8, 4) is 22.3 Å². The molecule has 7 aromatic carbocycles. The molecule has 1 spiro atoms.